The molecule has 0 saturated heterocycles. The summed E-state index contributed by atoms with van der Waals surface area (Å²) in [7, 11) is 0. The smallest absolute Gasteiger partial charge is 0.220 e. The molecule has 9 nitrogen and oxygen atoms in total. The second-order valence-electron chi connectivity index (χ2n) is 26.1. The molecule has 1 aliphatic carbocycles. The summed E-state index contributed by atoms with van der Waals surface area (Å²) < 4.78 is 63.8. The number of carbonyl (C=O) groups excluding carboxylic acids is 1. The summed E-state index contributed by atoms with van der Waals surface area (Å²) >= 11 is 0. The van der Waals surface area contributed by atoms with Crippen molar-refractivity contribution >= 4 is 5.91 Å². The molecule has 8 atom stereocenters. The van der Waals surface area contributed by atoms with Crippen LogP contribution >= 0.6 is 0 Å². The largest absolute Gasteiger partial charge is 0.376 e. The number of aryl methyl sites for hydroxylation is 1. The van der Waals surface area contributed by atoms with Gasteiger partial charge >= 0.3 is 0 Å². The van der Waals surface area contributed by atoms with Gasteiger partial charge < -0.3 is 38.5 Å². The Kier molecular flexibility index (Phi) is 35.3. The lowest BCUT2D eigenvalue weighted by Gasteiger charge is -2.46. The standard InChI is InChI=1S/C84H110FNO8/c1-2-3-4-5-6-7-8-9-10-14-17-38-53-78(89-61-70-43-28-20-29-44-70)82(92-63-72-47-32-22-33-48-72)77(86-80(87)54-39-18-15-12-11-13-16-25-40-68-55-57-76(85)58-56-68)67-90-79-59-75(66-88-60-69-41-26-19-27-42-69)81(91-62-71-45-30-21-31-46-71)84(94-65-74-51-36-24-37-52-74)83(79)93-64-73-49-34-23-35-50-73/h19-24,26-37,41-52,55-58,75,77-79,81-84H,2-18,25,38-40,53-54,59-67H2,1H3,(H,86,87)/t75-,77+,78-,79+,81+,82+,83+,84+/m1/s1. The van der Waals surface area contributed by atoms with E-state index in [1.165, 1.54) is 76.2 Å². The van der Waals surface area contributed by atoms with E-state index < -0.39 is 36.6 Å². The number of halogens is 1. The van der Waals surface area contributed by atoms with Gasteiger partial charge in [0.2, 0.25) is 5.91 Å². The molecular weight excluding hydrogens is 1170 g/mol. The van der Waals surface area contributed by atoms with Crippen LogP contribution in [0, 0.1) is 11.7 Å². The molecule has 1 saturated carbocycles. The van der Waals surface area contributed by atoms with Crippen molar-refractivity contribution in [1.82, 2.24) is 5.32 Å². The van der Waals surface area contributed by atoms with Gasteiger partial charge in [-0.15, -0.1) is 0 Å². The molecule has 506 valence electrons. The summed E-state index contributed by atoms with van der Waals surface area (Å²) in [5.74, 6) is -0.392. The SMILES string of the molecule is CCCCCCCCCCCCCC[C@@H](OCc1ccccc1)[C@@H](OCc1ccccc1)[C@H](CO[C@H]1C[C@H](COCc2ccccc2)[C@H](OCc2ccccc2)[C@H](OCc2ccccc2)[C@H]1OCc1ccccc1)NC(=O)CCCCCCCCCCc1ccc(F)cc1. The second-order valence-corrected chi connectivity index (χ2v) is 26.1. The number of carbonyl (C=O) groups is 1. The fraction of sp³-hybridized carbons (Fsp3) is 0.488. The van der Waals surface area contributed by atoms with Crippen LogP contribution in [-0.2, 0) is 84.0 Å². The van der Waals surface area contributed by atoms with Crippen LogP contribution in [0.5, 0.6) is 0 Å². The molecule has 0 aromatic heterocycles. The molecule has 7 aromatic carbocycles. The number of benzene rings is 7. The Labute approximate surface area is 564 Å². The predicted octanol–water partition coefficient (Wildman–Crippen LogP) is 20.0. The summed E-state index contributed by atoms with van der Waals surface area (Å²) in [5, 5.41) is 3.59. The van der Waals surface area contributed by atoms with E-state index in [1.54, 1.807) is 12.1 Å². The summed E-state index contributed by atoms with van der Waals surface area (Å²) in [4.78, 5) is 14.9. The highest BCUT2D eigenvalue weighted by Gasteiger charge is 2.49. The van der Waals surface area contributed by atoms with Crippen molar-refractivity contribution in [3.8, 4) is 0 Å². The van der Waals surface area contributed by atoms with Crippen molar-refractivity contribution in [3.63, 3.8) is 0 Å². The zero-order valence-corrected chi connectivity index (χ0v) is 56.5. The van der Waals surface area contributed by atoms with Crippen molar-refractivity contribution in [2.75, 3.05) is 13.2 Å². The van der Waals surface area contributed by atoms with Crippen molar-refractivity contribution in [3.05, 3.63) is 251 Å². The molecule has 0 radical (unpaired) electrons. The Morgan fingerprint density at radius 2 is 0.819 bits per heavy atom. The first-order valence-corrected chi connectivity index (χ1v) is 36.0. The van der Waals surface area contributed by atoms with Crippen LogP contribution in [-0.4, -0.2) is 61.8 Å². The van der Waals surface area contributed by atoms with E-state index in [-0.39, 0.29) is 30.4 Å². The normalized spacial score (nSPS) is 17.4. The van der Waals surface area contributed by atoms with Crippen LogP contribution in [0.1, 0.15) is 194 Å². The quantitative estimate of drug-likeness (QED) is 0.0377. The number of ether oxygens (including phenoxy) is 7. The van der Waals surface area contributed by atoms with Gasteiger partial charge in [0.15, 0.2) is 0 Å². The van der Waals surface area contributed by atoms with Gasteiger partial charge in [0.25, 0.3) is 0 Å². The molecule has 94 heavy (non-hydrogen) atoms. The van der Waals surface area contributed by atoms with Gasteiger partial charge in [-0.1, -0.05) is 317 Å². The summed E-state index contributed by atoms with van der Waals surface area (Å²) in [6.07, 6.45) is 23.0. The maximum absolute atomic E-state index is 14.9. The molecule has 1 amide bonds. The van der Waals surface area contributed by atoms with Crippen molar-refractivity contribution in [1.29, 1.82) is 0 Å². The molecule has 0 bridgehead atoms. The molecule has 0 unspecified atom stereocenters. The van der Waals surface area contributed by atoms with E-state index in [2.05, 4.69) is 97.2 Å². The summed E-state index contributed by atoms with van der Waals surface area (Å²) in [6, 6.07) is 68.2. The average molecular weight is 1280 g/mol. The maximum atomic E-state index is 14.9. The van der Waals surface area contributed by atoms with Crippen LogP contribution in [0.25, 0.3) is 0 Å². The van der Waals surface area contributed by atoms with Crippen LogP contribution < -0.4 is 5.32 Å². The van der Waals surface area contributed by atoms with Gasteiger partial charge in [0, 0.05) is 12.3 Å². The molecule has 1 fully saturated rings. The zero-order chi connectivity index (χ0) is 65.1. The number of nitrogens with one attached hydrogen (secondary N) is 1. The van der Waals surface area contributed by atoms with E-state index >= 15 is 0 Å². The first kappa shape index (κ1) is 73.5. The summed E-state index contributed by atoms with van der Waals surface area (Å²) in [6.45, 7) is 5.01. The number of rotatable bonds is 49. The highest BCUT2D eigenvalue weighted by molar-refractivity contribution is 5.76. The molecule has 8 rings (SSSR count). The number of unbranched alkanes of at least 4 members (excludes halogenated alkanes) is 18. The first-order valence-electron chi connectivity index (χ1n) is 36.0. The van der Waals surface area contributed by atoms with Gasteiger partial charge in [-0.2, -0.15) is 0 Å². The van der Waals surface area contributed by atoms with Gasteiger partial charge in [-0.25, -0.2) is 4.39 Å². The van der Waals surface area contributed by atoms with E-state index in [4.69, 9.17) is 33.2 Å². The third-order valence-electron chi connectivity index (χ3n) is 18.4. The molecule has 0 spiro atoms. The van der Waals surface area contributed by atoms with Crippen LogP contribution in [0.2, 0.25) is 0 Å². The molecule has 1 N–H and O–H groups in total. The number of hydrogen-bond acceptors (Lipinski definition) is 8. The fourth-order valence-electron chi connectivity index (χ4n) is 13.0. The molecule has 1 aliphatic rings. The fourth-order valence-corrected chi connectivity index (χ4v) is 13.0. The average Bonchev–Trinajstić information content (AvgIpc) is 0.818. The molecule has 7 aromatic rings. The Bertz CT molecular complexity index is 2980. The summed E-state index contributed by atoms with van der Waals surface area (Å²) in [5.41, 5.74) is 7.54. The van der Waals surface area contributed by atoms with Gasteiger partial charge in [-0.3, -0.25) is 4.79 Å². The van der Waals surface area contributed by atoms with Gasteiger partial charge in [0.1, 0.15) is 24.1 Å². The predicted molar refractivity (Wildman–Crippen MR) is 378 cm³/mol. The minimum atomic E-state index is -0.609. The lowest BCUT2D eigenvalue weighted by Crippen LogP contribution is -2.59. The monoisotopic (exact) mass is 1280 g/mol. The molecule has 0 aliphatic heterocycles. The van der Waals surface area contributed by atoms with Crippen molar-refractivity contribution in [2.24, 2.45) is 5.92 Å². The van der Waals surface area contributed by atoms with Gasteiger partial charge in [-0.05, 0) is 83.2 Å². The third kappa shape index (κ3) is 28.5. The van der Waals surface area contributed by atoms with E-state index in [0.717, 1.165) is 104 Å². The molecule has 0 heterocycles. The Balaban J connectivity index is 1.07. The molecular formula is C84H110FNO8. The minimum Gasteiger partial charge on any atom is -0.376 e. The topological polar surface area (TPSA) is 93.7 Å². The second kappa shape index (κ2) is 45.2. The Morgan fingerprint density at radius 3 is 1.31 bits per heavy atom. The third-order valence-corrected chi connectivity index (χ3v) is 18.4. The minimum absolute atomic E-state index is 0.0268. The van der Waals surface area contributed by atoms with Gasteiger partial charge in [0.05, 0.1) is 77.2 Å². The number of amides is 1. The van der Waals surface area contributed by atoms with Crippen LogP contribution in [0.3, 0.4) is 0 Å². The van der Waals surface area contributed by atoms with E-state index in [1.807, 2.05) is 109 Å². The Morgan fingerprint density at radius 1 is 0.415 bits per heavy atom. The van der Waals surface area contributed by atoms with E-state index in [0.29, 0.717) is 59.1 Å². The van der Waals surface area contributed by atoms with Crippen LogP contribution in [0.4, 0.5) is 4.39 Å². The zero-order valence-electron chi connectivity index (χ0n) is 56.5. The molecule has 10 heteroatoms. The first-order chi connectivity index (χ1) is 46.5. The highest BCUT2D eigenvalue weighted by Crippen LogP contribution is 2.37. The maximum Gasteiger partial charge on any atom is 0.220 e. The number of hydrogen-bond donors (Lipinski definition) is 1. The van der Waals surface area contributed by atoms with Crippen molar-refractivity contribution < 1.29 is 42.3 Å². The lowest BCUT2D eigenvalue weighted by molar-refractivity contribution is -0.235. The van der Waals surface area contributed by atoms with E-state index in [9.17, 15) is 9.18 Å². The van der Waals surface area contributed by atoms with Crippen LogP contribution in [0.15, 0.2) is 206 Å². The Hall–Kier alpha value is -6.34. The lowest BCUT2D eigenvalue weighted by atomic mass is 9.80. The van der Waals surface area contributed by atoms with Crippen molar-refractivity contribution in [2.45, 2.75) is 243 Å². The highest BCUT2D eigenvalue weighted by atomic mass is 19.1.